The third kappa shape index (κ3) is 7.16. The Morgan fingerprint density at radius 1 is 0.275 bits per heavy atom. The van der Waals surface area contributed by atoms with E-state index in [4.69, 9.17) is 4.42 Å². The van der Waals surface area contributed by atoms with E-state index < -0.39 is 0 Å². The van der Waals surface area contributed by atoms with Crippen molar-refractivity contribution in [2.75, 3.05) is 4.90 Å². The smallest absolute Gasteiger partial charge is 0.136 e. The number of anilines is 3. The first-order valence-corrected chi connectivity index (χ1v) is 23.6. The number of aromatic nitrogens is 1. The molecule has 0 saturated carbocycles. The molecule has 0 aliphatic rings. The van der Waals surface area contributed by atoms with E-state index in [9.17, 15) is 0 Å². The van der Waals surface area contributed by atoms with Crippen molar-refractivity contribution in [2.45, 2.75) is 0 Å². The highest BCUT2D eigenvalue weighted by Crippen LogP contribution is 2.44. The van der Waals surface area contributed by atoms with Gasteiger partial charge in [0.15, 0.2) is 0 Å². The second-order valence-electron chi connectivity index (χ2n) is 17.7. The van der Waals surface area contributed by atoms with Crippen LogP contribution in [0.1, 0.15) is 0 Å². The number of furan rings is 1. The van der Waals surface area contributed by atoms with E-state index in [1.54, 1.807) is 0 Å². The summed E-state index contributed by atoms with van der Waals surface area (Å²) in [5, 5.41) is 4.77. The summed E-state index contributed by atoms with van der Waals surface area (Å²) in [6, 6.07) is 96.0. The molecule has 3 nitrogen and oxygen atoms in total. The van der Waals surface area contributed by atoms with Crippen molar-refractivity contribution in [1.29, 1.82) is 0 Å². The van der Waals surface area contributed by atoms with Gasteiger partial charge in [0.1, 0.15) is 11.2 Å². The van der Waals surface area contributed by atoms with Gasteiger partial charge in [-0.1, -0.05) is 194 Å². The number of nitrogens with zero attached hydrogens (tertiary/aromatic N) is 2. The molecule has 13 rings (SSSR count). The molecule has 0 unspecified atom stereocenters. The standard InChI is InChI=1S/C66H44N2O/c1-2-15-48(16-3-1)55-19-4-5-20-56(55)49-35-40-53(41-36-49)67(62-25-10-6-21-57(62)51-37-42-61-60-24-9-13-28-65(60)69-66(61)44-51)52-38-33-46(34-39-52)45-29-31-47(32-30-45)50-17-14-18-54(43-50)68-63-26-11-7-22-58(63)59-23-8-12-27-64(59)68/h1-44H. The summed E-state index contributed by atoms with van der Waals surface area (Å²) in [4.78, 5) is 2.38. The number of hydrogen-bond donors (Lipinski definition) is 0. The van der Waals surface area contributed by atoms with Gasteiger partial charge in [0.05, 0.1) is 16.7 Å². The molecule has 2 heterocycles. The van der Waals surface area contributed by atoms with E-state index in [1.165, 1.54) is 55.2 Å². The predicted octanol–water partition coefficient (Wildman–Crippen LogP) is 18.5. The van der Waals surface area contributed by atoms with Crippen LogP contribution in [0, 0.1) is 0 Å². The lowest BCUT2D eigenvalue weighted by atomic mass is 9.94. The van der Waals surface area contributed by atoms with Gasteiger partial charge in [-0.3, -0.25) is 0 Å². The summed E-state index contributed by atoms with van der Waals surface area (Å²) in [5.74, 6) is 0. The maximum Gasteiger partial charge on any atom is 0.136 e. The fourth-order valence-corrected chi connectivity index (χ4v) is 10.3. The van der Waals surface area contributed by atoms with Gasteiger partial charge in [-0.15, -0.1) is 0 Å². The molecule has 0 radical (unpaired) electrons. The number of fused-ring (bicyclic) bond motifs is 6. The Kier molecular flexibility index (Phi) is 9.84. The van der Waals surface area contributed by atoms with E-state index in [0.717, 1.165) is 66.9 Å². The van der Waals surface area contributed by atoms with Gasteiger partial charge in [-0.05, 0) is 123 Å². The lowest BCUT2D eigenvalue weighted by Crippen LogP contribution is -2.11. The molecule has 0 atom stereocenters. The third-order valence-electron chi connectivity index (χ3n) is 13.6. The average Bonchev–Trinajstić information content (AvgIpc) is 3.97. The monoisotopic (exact) mass is 880 g/mol. The summed E-state index contributed by atoms with van der Waals surface area (Å²) < 4.78 is 8.78. The van der Waals surface area contributed by atoms with Crippen molar-refractivity contribution in [1.82, 2.24) is 4.57 Å². The highest BCUT2D eigenvalue weighted by molar-refractivity contribution is 6.09. The minimum absolute atomic E-state index is 0.878. The summed E-state index contributed by atoms with van der Waals surface area (Å²) in [6.07, 6.45) is 0. The van der Waals surface area contributed by atoms with E-state index in [-0.39, 0.29) is 0 Å². The number of benzene rings is 11. The lowest BCUT2D eigenvalue weighted by molar-refractivity contribution is 0.669. The zero-order chi connectivity index (χ0) is 45.7. The summed E-state index contributed by atoms with van der Waals surface area (Å²) in [5.41, 5.74) is 20.2. The number of rotatable bonds is 9. The van der Waals surface area contributed by atoms with Crippen molar-refractivity contribution < 1.29 is 4.42 Å². The maximum absolute atomic E-state index is 6.40. The predicted molar refractivity (Wildman–Crippen MR) is 290 cm³/mol. The SMILES string of the molecule is c1ccc(-c2ccccc2-c2ccc(N(c3ccc(-c4ccc(-c5cccc(-n6c7ccccc7c7ccccc76)c5)cc4)cc3)c3ccccc3-c3ccc4c(c3)oc3ccccc34)cc2)cc1. The minimum atomic E-state index is 0.878. The Labute approximate surface area is 401 Å². The molecular formula is C66H44N2O. The summed E-state index contributed by atoms with van der Waals surface area (Å²) >= 11 is 0. The summed E-state index contributed by atoms with van der Waals surface area (Å²) in [7, 11) is 0. The van der Waals surface area contributed by atoms with Gasteiger partial charge in [-0.25, -0.2) is 0 Å². The van der Waals surface area contributed by atoms with Crippen LogP contribution in [0.3, 0.4) is 0 Å². The Hall–Kier alpha value is -9.18. The van der Waals surface area contributed by atoms with Crippen molar-refractivity contribution in [2.24, 2.45) is 0 Å². The molecule has 13 aromatic rings. The molecule has 0 aliphatic carbocycles. The fraction of sp³-hybridized carbons (Fsp3) is 0. The van der Waals surface area contributed by atoms with Gasteiger partial charge < -0.3 is 13.9 Å². The van der Waals surface area contributed by atoms with Gasteiger partial charge in [-0.2, -0.15) is 0 Å². The van der Waals surface area contributed by atoms with Crippen molar-refractivity contribution in [3.05, 3.63) is 267 Å². The first-order chi connectivity index (χ1) is 34.2. The molecule has 324 valence electrons. The van der Waals surface area contributed by atoms with Crippen molar-refractivity contribution in [3.8, 4) is 61.3 Å². The van der Waals surface area contributed by atoms with Crippen LogP contribution in [0.5, 0.6) is 0 Å². The Morgan fingerprint density at radius 3 is 1.41 bits per heavy atom. The first-order valence-electron chi connectivity index (χ1n) is 23.6. The molecule has 2 aromatic heterocycles. The van der Waals surface area contributed by atoms with Crippen LogP contribution < -0.4 is 4.90 Å². The first kappa shape index (κ1) is 40.1. The van der Waals surface area contributed by atoms with E-state index >= 15 is 0 Å². The lowest BCUT2D eigenvalue weighted by Gasteiger charge is -2.28. The normalized spacial score (nSPS) is 11.5. The highest BCUT2D eigenvalue weighted by Gasteiger charge is 2.20. The van der Waals surface area contributed by atoms with Crippen LogP contribution in [0.25, 0.3) is 105 Å². The quantitative estimate of drug-likeness (QED) is 0.144. The molecule has 0 saturated heterocycles. The Bertz CT molecular complexity index is 3940. The van der Waals surface area contributed by atoms with Crippen LogP contribution in [-0.2, 0) is 0 Å². The molecular weight excluding hydrogens is 837 g/mol. The van der Waals surface area contributed by atoms with Gasteiger partial charge in [0.2, 0.25) is 0 Å². The molecule has 0 amide bonds. The largest absolute Gasteiger partial charge is 0.456 e. The molecule has 0 fully saturated rings. The third-order valence-corrected chi connectivity index (χ3v) is 13.6. The van der Waals surface area contributed by atoms with Crippen LogP contribution in [0.15, 0.2) is 271 Å². The molecule has 0 N–H and O–H groups in total. The zero-order valence-corrected chi connectivity index (χ0v) is 37.7. The molecule has 0 bridgehead atoms. The molecule has 3 heteroatoms. The van der Waals surface area contributed by atoms with E-state index in [2.05, 4.69) is 264 Å². The van der Waals surface area contributed by atoms with E-state index in [1.807, 2.05) is 12.1 Å². The Balaban J connectivity index is 0.860. The van der Waals surface area contributed by atoms with Gasteiger partial charge in [0, 0.05) is 44.2 Å². The van der Waals surface area contributed by atoms with Crippen LogP contribution in [0.4, 0.5) is 17.1 Å². The van der Waals surface area contributed by atoms with Gasteiger partial charge in [0.25, 0.3) is 0 Å². The number of hydrogen-bond acceptors (Lipinski definition) is 2. The van der Waals surface area contributed by atoms with Gasteiger partial charge >= 0.3 is 0 Å². The zero-order valence-electron chi connectivity index (χ0n) is 37.7. The van der Waals surface area contributed by atoms with E-state index in [0.29, 0.717) is 0 Å². The average molecular weight is 881 g/mol. The fourth-order valence-electron chi connectivity index (χ4n) is 10.3. The maximum atomic E-state index is 6.40. The second-order valence-corrected chi connectivity index (χ2v) is 17.7. The molecule has 11 aromatic carbocycles. The van der Waals surface area contributed by atoms with Crippen LogP contribution in [-0.4, -0.2) is 4.57 Å². The van der Waals surface area contributed by atoms with Crippen molar-refractivity contribution in [3.63, 3.8) is 0 Å². The number of para-hydroxylation sites is 4. The minimum Gasteiger partial charge on any atom is -0.456 e. The second kappa shape index (κ2) is 16.9. The van der Waals surface area contributed by atoms with Crippen molar-refractivity contribution >= 4 is 60.8 Å². The van der Waals surface area contributed by atoms with Crippen LogP contribution >= 0.6 is 0 Å². The Morgan fingerprint density at radius 2 is 0.739 bits per heavy atom. The van der Waals surface area contributed by atoms with Crippen LogP contribution in [0.2, 0.25) is 0 Å². The molecule has 0 spiro atoms. The molecule has 0 aliphatic heterocycles. The highest BCUT2D eigenvalue weighted by atomic mass is 16.3. The molecule has 69 heavy (non-hydrogen) atoms. The summed E-state index contributed by atoms with van der Waals surface area (Å²) in [6.45, 7) is 0. The topological polar surface area (TPSA) is 21.3 Å².